The number of rotatable bonds is 5. The SMILES string of the molecule is CCOC(=O)C(CC)[C@@H](C)CC. The van der Waals surface area contributed by atoms with Gasteiger partial charge in [-0.15, -0.1) is 0 Å². The smallest absolute Gasteiger partial charge is 0.309 e. The lowest BCUT2D eigenvalue weighted by atomic mass is 9.90. The van der Waals surface area contributed by atoms with Gasteiger partial charge in [0, 0.05) is 0 Å². The van der Waals surface area contributed by atoms with Gasteiger partial charge >= 0.3 is 5.97 Å². The van der Waals surface area contributed by atoms with Crippen molar-refractivity contribution in [2.45, 2.75) is 40.5 Å². The molecule has 2 atom stereocenters. The fraction of sp³-hybridized carbons (Fsp3) is 0.900. The number of hydrogen-bond donors (Lipinski definition) is 0. The Morgan fingerprint density at radius 3 is 2.17 bits per heavy atom. The first-order valence-electron chi connectivity index (χ1n) is 4.83. The minimum atomic E-state index is -0.0330. The first kappa shape index (κ1) is 11.5. The molecule has 72 valence electrons. The van der Waals surface area contributed by atoms with E-state index < -0.39 is 0 Å². The number of hydrogen-bond acceptors (Lipinski definition) is 2. The third kappa shape index (κ3) is 3.24. The fourth-order valence-corrected chi connectivity index (χ4v) is 1.34. The zero-order chi connectivity index (χ0) is 9.56. The second-order valence-corrected chi connectivity index (χ2v) is 3.15. The van der Waals surface area contributed by atoms with Gasteiger partial charge < -0.3 is 4.74 Å². The van der Waals surface area contributed by atoms with E-state index in [-0.39, 0.29) is 11.9 Å². The van der Waals surface area contributed by atoms with Crippen molar-refractivity contribution in [2.75, 3.05) is 6.61 Å². The molecule has 0 rings (SSSR count). The van der Waals surface area contributed by atoms with Gasteiger partial charge in [0.2, 0.25) is 0 Å². The normalized spacial score (nSPS) is 15.3. The van der Waals surface area contributed by atoms with Crippen molar-refractivity contribution in [1.82, 2.24) is 0 Å². The average molecular weight is 172 g/mol. The molecule has 0 saturated carbocycles. The van der Waals surface area contributed by atoms with Crippen molar-refractivity contribution in [1.29, 1.82) is 0 Å². The van der Waals surface area contributed by atoms with Gasteiger partial charge in [0.25, 0.3) is 0 Å². The Morgan fingerprint density at radius 1 is 1.25 bits per heavy atom. The molecule has 2 heteroatoms. The van der Waals surface area contributed by atoms with E-state index in [4.69, 9.17) is 4.74 Å². The van der Waals surface area contributed by atoms with Crippen LogP contribution >= 0.6 is 0 Å². The maximum absolute atomic E-state index is 11.4. The van der Waals surface area contributed by atoms with Crippen LogP contribution in [0.25, 0.3) is 0 Å². The largest absolute Gasteiger partial charge is 0.466 e. The number of carbonyl (C=O) groups is 1. The van der Waals surface area contributed by atoms with Crippen molar-refractivity contribution in [3.05, 3.63) is 0 Å². The Labute approximate surface area is 75.3 Å². The Hall–Kier alpha value is -0.530. The molecule has 0 aromatic heterocycles. The summed E-state index contributed by atoms with van der Waals surface area (Å²) in [4.78, 5) is 11.4. The molecule has 0 aliphatic heterocycles. The molecule has 0 heterocycles. The van der Waals surface area contributed by atoms with Gasteiger partial charge in [-0.3, -0.25) is 4.79 Å². The molecule has 0 radical (unpaired) electrons. The van der Waals surface area contributed by atoms with Crippen molar-refractivity contribution in [3.63, 3.8) is 0 Å². The highest BCUT2D eigenvalue weighted by molar-refractivity contribution is 5.72. The van der Waals surface area contributed by atoms with Crippen LogP contribution in [0.5, 0.6) is 0 Å². The van der Waals surface area contributed by atoms with Crippen molar-refractivity contribution in [2.24, 2.45) is 11.8 Å². The highest BCUT2D eigenvalue weighted by atomic mass is 16.5. The van der Waals surface area contributed by atoms with E-state index in [2.05, 4.69) is 13.8 Å². The van der Waals surface area contributed by atoms with Crippen molar-refractivity contribution >= 4 is 5.97 Å². The minimum absolute atomic E-state index is 0.0330. The van der Waals surface area contributed by atoms with Crippen LogP contribution in [0.15, 0.2) is 0 Å². The zero-order valence-corrected chi connectivity index (χ0v) is 8.59. The zero-order valence-electron chi connectivity index (χ0n) is 8.59. The topological polar surface area (TPSA) is 26.3 Å². The lowest BCUT2D eigenvalue weighted by molar-refractivity contribution is -0.150. The molecule has 12 heavy (non-hydrogen) atoms. The molecule has 0 amide bonds. The van der Waals surface area contributed by atoms with Crippen LogP contribution < -0.4 is 0 Å². The van der Waals surface area contributed by atoms with Crippen LogP contribution in [-0.4, -0.2) is 12.6 Å². The average Bonchev–Trinajstić information content (AvgIpc) is 2.06. The predicted molar refractivity (Wildman–Crippen MR) is 49.9 cm³/mol. The Balaban J connectivity index is 4.04. The van der Waals surface area contributed by atoms with Gasteiger partial charge in [-0.05, 0) is 19.3 Å². The van der Waals surface area contributed by atoms with Gasteiger partial charge in [0.1, 0.15) is 0 Å². The summed E-state index contributed by atoms with van der Waals surface area (Å²) in [6.07, 6.45) is 1.92. The molecule has 0 fully saturated rings. The van der Waals surface area contributed by atoms with Gasteiger partial charge in [-0.25, -0.2) is 0 Å². The summed E-state index contributed by atoms with van der Waals surface area (Å²) in [7, 11) is 0. The molecule has 2 nitrogen and oxygen atoms in total. The van der Waals surface area contributed by atoms with Crippen LogP contribution in [0, 0.1) is 11.8 Å². The standard InChI is InChI=1S/C10H20O2/c1-5-8(4)9(6-2)10(11)12-7-3/h8-9H,5-7H2,1-4H3/t8-,9?/m0/s1. The minimum Gasteiger partial charge on any atom is -0.466 e. The Kier molecular flexibility index (Phi) is 5.77. The third-order valence-corrected chi connectivity index (χ3v) is 2.36. The summed E-state index contributed by atoms with van der Waals surface area (Å²) >= 11 is 0. The van der Waals surface area contributed by atoms with Crippen LogP contribution in [0.3, 0.4) is 0 Å². The lowest BCUT2D eigenvalue weighted by Gasteiger charge is -2.19. The molecule has 0 aromatic carbocycles. The molecule has 0 bridgehead atoms. The van der Waals surface area contributed by atoms with Crippen molar-refractivity contribution < 1.29 is 9.53 Å². The van der Waals surface area contributed by atoms with E-state index >= 15 is 0 Å². The predicted octanol–water partition coefficient (Wildman–Crippen LogP) is 2.62. The number of carbonyl (C=O) groups excluding carboxylic acids is 1. The second kappa shape index (κ2) is 6.04. The highest BCUT2D eigenvalue weighted by Gasteiger charge is 2.22. The van der Waals surface area contributed by atoms with Gasteiger partial charge in [-0.2, -0.15) is 0 Å². The monoisotopic (exact) mass is 172 g/mol. The summed E-state index contributed by atoms with van der Waals surface area (Å²) in [6, 6.07) is 0. The van der Waals surface area contributed by atoms with E-state index in [0.29, 0.717) is 12.5 Å². The molecule has 0 aromatic rings. The number of esters is 1. The van der Waals surface area contributed by atoms with Gasteiger partial charge in [0.05, 0.1) is 12.5 Å². The van der Waals surface area contributed by atoms with E-state index in [1.54, 1.807) is 0 Å². The highest BCUT2D eigenvalue weighted by Crippen LogP contribution is 2.19. The summed E-state index contributed by atoms with van der Waals surface area (Å²) < 4.78 is 4.98. The van der Waals surface area contributed by atoms with Crippen LogP contribution in [0.1, 0.15) is 40.5 Å². The molecule has 0 aliphatic carbocycles. The summed E-state index contributed by atoms with van der Waals surface area (Å²) in [6.45, 7) is 8.58. The van der Waals surface area contributed by atoms with E-state index in [1.807, 2.05) is 13.8 Å². The van der Waals surface area contributed by atoms with Crippen LogP contribution in [-0.2, 0) is 9.53 Å². The Bertz CT molecular complexity index is 132. The second-order valence-electron chi connectivity index (χ2n) is 3.15. The first-order valence-corrected chi connectivity index (χ1v) is 4.83. The van der Waals surface area contributed by atoms with Crippen LogP contribution in [0.4, 0.5) is 0 Å². The summed E-state index contributed by atoms with van der Waals surface area (Å²) in [5.74, 6) is 0.498. The summed E-state index contributed by atoms with van der Waals surface area (Å²) in [5, 5.41) is 0. The Morgan fingerprint density at radius 2 is 1.83 bits per heavy atom. The van der Waals surface area contributed by atoms with E-state index in [9.17, 15) is 4.79 Å². The quantitative estimate of drug-likeness (QED) is 0.596. The maximum Gasteiger partial charge on any atom is 0.309 e. The maximum atomic E-state index is 11.4. The van der Waals surface area contributed by atoms with Gasteiger partial charge in [-0.1, -0.05) is 27.2 Å². The van der Waals surface area contributed by atoms with Crippen molar-refractivity contribution in [3.8, 4) is 0 Å². The third-order valence-electron chi connectivity index (χ3n) is 2.36. The molecule has 0 spiro atoms. The van der Waals surface area contributed by atoms with E-state index in [0.717, 1.165) is 12.8 Å². The first-order chi connectivity index (χ1) is 5.67. The molecule has 1 unspecified atom stereocenters. The molecular formula is C10H20O2. The number of ether oxygens (including phenoxy) is 1. The molecule has 0 aliphatic rings. The lowest BCUT2D eigenvalue weighted by Crippen LogP contribution is -2.23. The molecule has 0 saturated heterocycles. The fourth-order valence-electron chi connectivity index (χ4n) is 1.34. The molecule has 0 N–H and O–H groups in total. The molecular weight excluding hydrogens is 152 g/mol. The van der Waals surface area contributed by atoms with E-state index in [1.165, 1.54) is 0 Å². The van der Waals surface area contributed by atoms with Gasteiger partial charge in [0.15, 0.2) is 0 Å². The summed E-state index contributed by atoms with van der Waals surface area (Å²) in [5.41, 5.74) is 0. The van der Waals surface area contributed by atoms with Crippen LogP contribution in [0.2, 0.25) is 0 Å².